The van der Waals surface area contributed by atoms with E-state index in [1.54, 1.807) is 12.1 Å². The van der Waals surface area contributed by atoms with E-state index in [-0.39, 0.29) is 11.3 Å². The summed E-state index contributed by atoms with van der Waals surface area (Å²) in [5.74, 6) is -1.01. The molecule has 0 saturated carbocycles. The lowest BCUT2D eigenvalue weighted by Crippen LogP contribution is -1.99. The third-order valence-electron chi connectivity index (χ3n) is 2.65. The quantitative estimate of drug-likeness (QED) is 0.399. The van der Waals surface area contributed by atoms with Gasteiger partial charge in [0, 0.05) is 20.2 Å². The molecule has 0 atom stereocenters. The number of nitrogens with one attached hydrogen (secondary N) is 1. The molecule has 21 heavy (non-hydrogen) atoms. The lowest BCUT2D eigenvalue weighted by atomic mass is 10.2. The van der Waals surface area contributed by atoms with Crippen LogP contribution in [0.25, 0.3) is 0 Å². The summed E-state index contributed by atoms with van der Waals surface area (Å²) in [7, 11) is 0. The second kappa shape index (κ2) is 6.39. The van der Waals surface area contributed by atoms with Crippen molar-refractivity contribution in [2.75, 3.05) is 5.32 Å². The third-order valence-corrected chi connectivity index (χ3v) is 4.20. The Labute approximate surface area is 141 Å². The molecule has 2 aromatic carbocycles. The fourth-order valence-corrected chi connectivity index (χ4v) is 2.73. The minimum atomic E-state index is -1.01. The first-order valence-corrected chi connectivity index (χ1v) is 7.49. The SMILES string of the molecule is O=C(O)c1ccc(Nc2ccc([N+](=O)[O-])cc2I)c(Br)c1. The van der Waals surface area contributed by atoms with Gasteiger partial charge in [0.1, 0.15) is 0 Å². The van der Waals surface area contributed by atoms with Crippen molar-refractivity contribution < 1.29 is 14.8 Å². The van der Waals surface area contributed by atoms with Crippen molar-refractivity contribution >= 4 is 61.6 Å². The number of carbonyl (C=O) groups is 1. The molecule has 0 aliphatic heterocycles. The molecule has 2 rings (SSSR count). The van der Waals surface area contributed by atoms with Crippen LogP contribution in [0, 0.1) is 13.7 Å². The number of nitro groups is 1. The Morgan fingerprint density at radius 2 is 1.90 bits per heavy atom. The molecule has 0 heterocycles. The van der Waals surface area contributed by atoms with Crippen LogP contribution in [-0.2, 0) is 0 Å². The molecule has 0 spiro atoms. The number of hydrogen-bond acceptors (Lipinski definition) is 4. The smallest absolute Gasteiger partial charge is 0.335 e. The van der Waals surface area contributed by atoms with Crippen LogP contribution in [0.5, 0.6) is 0 Å². The average Bonchev–Trinajstić information content (AvgIpc) is 2.42. The van der Waals surface area contributed by atoms with E-state index in [0.29, 0.717) is 19.4 Å². The summed E-state index contributed by atoms with van der Waals surface area (Å²) < 4.78 is 1.28. The number of carboxylic acid groups (broad SMARTS) is 1. The molecule has 8 heteroatoms. The van der Waals surface area contributed by atoms with Crippen molar-refractivity contribution in [3.05, 3.63) is 60.1 Å². The summed E-state index contributed by atoms with van der Waals surface area (Å²) in [6.45, 7) is 0. The van der Waals surface area contributed by atoms with Gasteiger partial charge in [-0.25, -0.2) is 4.79 Å². The molecule has 0 aliphatic carbocycles. The Hall–Kier alpha value is -1.68. The molecule has 0 bridgehead atoms. The van der Waals surface area contributed by atoms with Gasteiger partial charge in [-0.2, -0.15) is 0 Å². The second-order valence-corrected chi connectivity index (χ2v) is 6.06. The summed E-state index contributed by atoms with van der Waals surface area (Å²) in [5.41, 5.74) is 1.56. The molecular weight excluding hydrogens is 455 g/mol. The number of rotatable bonds is 4. The highest BCUT2D eigenvalue weighted by Crippen LogP contribution is 2.30. The van der Waals surface area contributed by atoms with Gasteiger partial charge in [0.05, 0.1) is 21.9 Å². The largest absolute Gasteiger partial charge is 0.478 e. The summed E-state index contributed by atoms with van der Waals surface area (Å²) in [6, 6.07) is 9.07. The van der Waals surface area contributed by atoms with E-state index in [4.69, 9.17) is 5.11 Å². The predicted molar refractivity (Wildman–Crippen MR) is 90.2 cm³/mol. The minimum Gasteiger partial charge on any atom is -0.478 e. The number of anilines is 2. The molecule has 0 amide bonds. The van der Waals surface area contributed by atoms with Crippen molar-refractivity contribution in [1.29, 1.82) is 0 Å². The molecule has 0 aromatic heterocycles. The molecule has 2 aromatic rings. The Morgan fingerprint density at radius 3 is 2.43 bits per heavy atom. The molecule has 108 valence electrons. The van der Waals surface area contributed by atoms with Gasteiger partial charge in [-0.1, -0.05) is 0 Å². The zero-order valence-electron chi connectivity index (χ0n) is 10.3. The summed E-state index contributed by atoms with van der Waals surface area (Å²) in [4.78, 5) is 21.1. The molecule has 0 fully saturated rings. The maximum absolute atomic E-state index is 10.9. The van der Waals surface area contributed by atoms with E-state index < -0.39 is 10.9 Å². The number of halogens is 2. The summed E-state index contributed by atoms with van der Waals surface area (Å²) in [5, 5.41) is 22.7. The van der Waals surface area contributed by atoms with Crippen LogP contribution in [0.1, 0.15) is 10.4 Å². The van der Waals surface area contributed by atoms with Crippen LogP contribution in [-0.4, -0.2) is 16.0 Å². The first kappa shape index (κ1) is 15.7. The molecule has 0 unspecified atom stereocenters. The van der Waals surface area contributed by atoms with Gasteiger partial charge in [-0.3, -0.25) is 10.1 Å². The Balaban J connectivity index is 2.30. The summed E-state index contributed by atoms with van der Waals surface area (Å²) in [6.07, 6.45) is 0. The van der Waals surface area contributed by atoms with Crippen molar-refractivity contribution in [2.45, 2.75) is 0 Å². The zero-order valence-corrected chi connectivity index (χ0v) is 14.1. The van der Waals surface area contributed by atoms with Crippen LogP contribution in [0.3, 0.4) is 0 Å². The number of benzene rings is 2. The van der Waals surface area contributed by atoms with Crippen LogP contribution < -0.4 is 5.32 Å². The first-order chi connectivity index (χ1) is 9.88. The van der Waals surface area contributed by atoms with Crippen molar-refractivity contribution in [2.24, 2.45) is 0 Å². The maximum atomic E-state index is 10.9. The fraction of sp³-hybridized carbons (Fsp3) is 0. The molecule has 6 nitrogen and oxygen atoms in total. The number of non-ortho nitro benzene ring substituents is 1. The Bertz CT molecular complexity index is 675. The highest BCUT2D eigenvalue weighted by Gasteiger charge is 2.11. The van der Waals surface area contributed by atoms with Gasteiger partial charge in [0.25, 0.3) is 5.69 Å². The highest BCUT2D eigenvalue weighted by atomic mass is 127. The molecular formula is C13H8BrIN2O4. The number of carboxylic acids is 1. The highest BCUT2D eigenvalue weighted by molar-refractivity contribution is 14.1. The van der Waals surface area contributed by atoms with Crippen LogP contribution in [0.2, 0.25) is 0 Å². The van der Waals surface area contributed by atoms with Crippen LogP contribution >= 0.6 is 38.5 Å². The lowest BCUT2D eigenvalue weighted by molar-refractivity contribution is -0.384. The Morgan fingerprint density at radius 1 is 1.24 bits per heavy atom. The number of nitro benzene ring substituents is 1. The van der Waals surface area contributed by atoms with Gasteiger partial charge in [-0.05, 0) is 62.8 Å². The Kier molecular flexibility index (Phi) is 4.78. The molecule has 0 aliphatic rings. The van der Waals surface area contributed by atoms with Gasteiger partial charge >= 0.3 is 5.97 Å². The number of hydrogen-bond donors (Lipinski definition) is 2. The molecule has 0 saturated heterocycles. The van der Waals surface area contributed by atoms with Crippen LogP contribution in [0.15, 0.2) is 40.9 Å². The molecule has 2 N–H and O–H groups in total. The van der Waals surface area contributed by atoms with Gasteiger partial charge < -0.3 is 10.4 Å². The molecule has 0 radical (unpaired) electrons. The van der Waals surface area contributed by atoms with Gasteiger partial charge in [-0.15, -0.1) is 0 Å². The van der Waals surface area contributed by atoms with Gasteiger partial charge in [0.15, 0.2) is 0 Å². The predicted octanol–water partition coefficient (Wildman–Crippen LogP) is 4.40. The fourth-order valence-electron chi connectivity index (χ4n) is 1.61. The van der Waals surface area contributed by atoms with E-state index in [1.165, 1.54) is 24.3 Å². The zero-order chi connectivity index (χ0) is 15.6. The maximum Gasteiger partial charge on any atom is 0.335 e. The minimum absolute atomic E-state index is 0.0187. The van der Waals surface area contributed by atoms with E-state index in [0.717, 1.165) is 0 Å². The number of nitrogens with zero attached hydrogens (tertiary/aromatic N) is 1. The van der Waals surface area contributed by atoms with E-state index in [1.807, 2.05) is 22.6 Å². The lowest BCUT2D eigenvalue weighted by Gasteiger charge is -2.11. The first-order valence-electron chi connectivity index (χ1n) is 5.62. The topological polar surface area (TPSA) is 92.5 Å². The third kappa shape index (κ3) is 3.70. The van der Waals surface area contributed by atoms with E-state index >= 15 is 0 Å². The second-order valence-electron chi connectivity index (χ2n) is 4.05. The standard InChI is InChI=1S/C13H8BrIN2O4/c14-9-5-7(13(18)19)1-3-11(9)16-12-4-2-8(17(20)21)6-10(12)15/h1-6,16H,(H,18,19). The van der Waals surface area contributed by atoms with Crippen molar-refractivity contribution in [3.63, 3.8) is 0 Å². The van der Waals surface area contributed by atoms with Crippen LogP contribution in [0.4, 0.5) is 17.1 Å². The van der Waals surface area contributed by atoms with E-state index in [2.05, 4.69) is 21.2 Å². The normalized spacial score (nSPS) is 10.2. The van der Waals surface area contributed by atoms with Crippen molar-refractivity contribution in [3.8, 4) is 0 Å². The average molecular weight is 463 g/mol. The van der Waals surface area contributed by atoms with Crippen molar-refractivity contribution in [1.82, 2.24) is 0 Å². The monoisotopic (exact) mass is 462 g/mol. The van der Waals surface area contributed by atoms with E-state index in [9.17, 15) is 14.9 Å². The van der Waals surface area contributed by atoms with Gasteiger partial charge in [0.2, 0.25) is 0 Å². The summed E-state index contributed by atoms with van der Waals surface area (Å²) >= 11 is 5.30. The number of aromatic carboxylic acids is 1.